The van der Waals surface area contributed by atoms with Crippen molar-refractivity contribution >= 4 is 0 Å². The molecule has 2 aromatic carbocycles. The molecule has 0 saturated heterocycles. The van der Waals surface area contributed by atoms with Crippen LogP contribution in [-0.2, 0) is 13.1 Å². The van der Waals surface area contributed by atoms with Gasteiger partial charge in [0.15, 0.2) is 0 Å². The second-order valence-corrected chi connectivity index (χ2v) is 4.56. The fourth-order valence-corrected chi connectivity index (χ4v) is 1.83. The van der Waals surface area contributed by atoms with Crippen molar-refractivity contribution in [2.45, 2.75) is 13.1 Å². The first kappa shape index (κ1) is 17.0. The Bertz CT molecular complexity index is 425. The van der Waals surface area contributed by atoms with Crippen molar-refractivity contribution < 1.29 is 0 Å². The molecule has 3 nitrogen and oxygen atoms in total. The second kappa shape index (κ2) is 11.7. The van der Waals surface area contributed by atoms with Crippen molar-refractivity contribution in [3.05, 3.63) is 84.6 Å². The molecule has 21 heavy (non-hydrogen) atoms. The lowest BCUT2D eigenvalue weighted by molar-refractivity contribution is 0.611. The summed E-state index contributed by atoms with van der Waals surface area (Å²) in [6.07, 6.45) is 1.25. The Morgan fingerprint density at radius 1 is 0.762 bits per heavy atom. The molecular formula is C18H25N3. The predicted molar refractivity (Wildman–Crippen MR) is 90.7 cm³/mol. The summed E-state index contributed by atoms with van der Waals surface area (Å²) in [4.78, 5) is 0. The molecule has 0 atom stereocenters. The van der Waals surface area contributed by atoms with Gasteiger partial charge in [0.05, 0.1) is 0 Å². The van der Waals surface area contributed by atoms with Crippen molar-refractivity contribution in [2.75, 3.05) is 13.1 Å². The highest BCUT2D eigenvalue weighted by Gasteiger charge is 1.92. The molecule has 0 aliphatic rings. The minimum absolute atomic E-state index is 0.938. The smallest absolute Gasteiger partial charge is 0.0206 e. The van der Waals surface area contributed by atoms with E-state index in [1.165, 1.54) is 17.3 Å². The molecule has 0 bridgehead atoms. The fraction of sp³-hybridized carbons (Fsp3) is 0.222. The maximum atomic E-state index is 4.61. The molecule has 0 aliphatic carbocycles. The second-order valence-electron chi connectivity index (χ2n) is 4.56. The topological polar surface area (TPSA) is 50.1 Å². The van der Waals surface area contributed by atoms with E-state index in [4.69, 9.17) is 0 Å². The van der Waals surface area contributed by atoms with E-state index in [0.29, 0.717) is 0 Å². The lowest BCUT2D eigenvalue weighted by atomic mass is 10.2. The third-order valence-electron chi connectivity index (χ3n) is 2.82. The standard InChI is InChI=1S/C16H20N2.C2H5N/c1-3-7-15(8-4-1)13-17-11-12-18-14-16-9-5-2-6-10-16;1-2-3/h1-10,17-18H,11-14H2;2H,1,3H2. The van der Waals surface area contributed by atoms with Crippen molar-refractivity contribution in [3.63, 3.8) is 0 Å². The molecule has 0 unspecified atom stereocenters. The van der Waals surface area contributed by atoms with Gasteiger partial charge in [-0.2, -0.15) is 0 Å². The summed E-state index contributed by atoms with van der Waals surface area (Å²) in [6.45, 7) is 6.99. The van der Waals surface area contributed by atoms with Crippen LogP contribution in [0.5, 0.6) is 0 Å². The summed E-state index contributed by atoms with van der Waals surface area (Å²) in [7, 11) is 0. The van der Waals surface area contributed by atoms with Gasteiger partial charge >= 0.3 is 0 Å². The minimum Gasteiger partial charge on any atom is -0.405 e. The van der Waals surface area contributed by atoms with Crippen LogP contribution in [0, 0.1) is 0 Å². The van der Waals surface area contributed by atoms with Gasteiger partial charge in [-0.3, -0.25) is 0 Å². The summed E-state index contributed by atoms with van der Waals surface area (Å²) in [5.41, 5.74) is 7.28. The summed E-state index contributed by atoms with van der Waals surface area (Å²) in [5, 5.41) is 6.85. The van der Waals surface area contributed by atoms with Gasteiger partial charge in [-0.25, -0.2) is 0 Å². The van der Waals surface area contributed by atoms with Crippen LogP contribution in [0.15, 0.2) is 73.4 Å². The first-order chi connectivity index (χ1) is 10.4. The predicted octanol–water partition coefficient (Wildman–Crippen LogP) is 2.65. The van der Waals surface area contributed by atoms with E-state index in [-0.39, 0.29) is 0 Å². The van der Waals surface area contributed by atoms with E-state index in [1.54, 1.807) is 0 Å². The van der Waals surface area contributed by atoms with Crippen LogP contribution >= 0.6 is 0 Å². The lowest BCUT2D eigenvalue weighted by Gasteiger charge is -2.06. The number of hydrogen-bond donors (Lipinski definition) is 3. The zero-order chi connectivity index (χ0) is 15.2. The SMILES string of the molecule is C=CN.c1ccc(CNCCNCc2ccccc2)cc1. The van der Waals surface area contributed by atoms with E-state index >= 15 is 0 Å². The van der Waals surface area contributed by atoms with Crippen molar-refractivity contribution in [1.29, 1.82) is 0 Å². The summed E-state index contributed by atoms with van der Waals surface area (Å²) >= 11 is 0. The van der Waals surface area contributed by atoms with E-state index < -0.39 is 0 Å². The monoisotopic (exact) mass is 283 g/mol. The fourth-order valence-electron chi connectivity index (χ4n) is 1.83. The van der Waals surface area contributed by atoms with Crippen LogP contribution in [0.1, 0.15) is 11.1 Å². The Hall–Kier alpha value is -2.10. The third-order valence-corrected chi connectivity index (χ3v) is 2.82. The Labute approximate surface area is 127 Å². The molecule has 0 heterocycles. The molecule has 0 saturated carbocycles. The lowest BCUT2D eigenvalue weighted by Crippen LogP contribution is -2.26. The number of hydrogen-bond acceptors (Lipinski definition) is 3. The molecule has 112 valence electrons. The van der Waals surface area contributed by atoms with Crippen LogP contribution in [-0.4, -0.2) is 13.1 Å². The number of rotatable bonds is 7. The normalized spacial score (nSPS) is 9.52. The zero-order valence-corrected chi connectivity index (χ0v) is 12.5. The zero-order valence-electron chi connectivity index (χ0n) is 12.5. The average molecular weight is 283 g/mol. The van der Waals surface area contributed by atoms with E-state index in [2.05, 4.69) is 71.5 Å². The largest absolute Gasteiger partial charge is 0.405 e. The molecule has 0 aromatic heterocycles. The van der Waals surface area contributed by atoms with Crippen molar-refractivity contribution in [2.24, 2.45) is 5.73 Å². The van der Waals surface area contributed by atoms with Crippen LogP contribution in [0.4, 0.5) is 0 Å². The summed E-state index contributed by atoms with van der Waals surface area (Å²) in [6, 6.07) is 21.0. The minimum atomic E-state index is 0.938. The number of benzene rings is 2. The molecule has 2 aromatic rings. The number of nitrogens with two attached hydrogens (primary N) is 1. The molecule has 0 radical (unpaired) electrons. The first-order valence-corrected chi connectivity index (χ1v) is 7.18. The van der Waals surface area contributed by atoms with Crippen LogP contribution in [0.3, 0.4) is 0 Å². The van der Waals surface area contributed by atoms with Gasteiger partial charge in [0.2, 0.25) is 0 Å². The third kappa shape index (κ3) is 8.63. The average Bonchev–Trinajstić information content (AvgIpc) is 2.53. The highest BCUT2D eigenvalue weighted by atomic mass is 14.9. The maximum absolute atomic E-state index is 4.61. The van der Waals surface area contributed by atoms with Gasteiger partial charge in [0, 0.05) is 26.2 Å². The molecule has 0 aliphatic heterocycles. The molecule has 0 fully saturated rings. The Morgan fingerprint density at radius 3 is 1.43 bits per heavy atom. The van der Waals surface area contributed by atoms with Gasteiger partial charge in [0.1, 0.15) is 0 Å². The maximum Gasteiger partial charge on any atom is 0.0206 e. The van der Waals surface area contributed by atoms with Crippen molar-refractivity contribution in [1.82, 2.24) is 10.6 Å². The van der Waals surface area contributed by atoms with Gasteiger partial charge in [-0.15, -0.1) is 0 Å². The summed E-state index contributed by atoms with van der Waals surface area (Å²) < 4.78 is 0. The van der Waals surface area contributed by atoms with E-state index in [9.17, 15) is 0 Å². The molecular weight excluding hydrogens is 258 g/mol. The first-order valence-electron chi connectivity index (χ1n) is 7.18. The molecule has 2 rings (SSSR count). The van der Waals surface area contributed by atoms with Gasteiger partial charge in [-0.1, -0.05) is 67.2 Å². The van der Waals surface area contributed by atoms with Gasteiger partial charge < -0.3 is 16.4 Å². The van der Waals surface area contributed by atoms with Crippen LogP contribution in [0.25, 0.3) is 0 Å². The number of nitrogens with one attached hydrogen (secondary N) is 2. The van der Waals surface area contributed by atoms with Gasteiger partial charge in [0.25, 0.3) is 0 Å². The molecule has 0 amide bonds. The Balaban J connectivity index is 0.000000677. The Morgan fingerprint density at radius 2 is 1.10 bits per heavy atom. The highest BCUT2D eigenvalue weighted by Crippen LogP contribution is 1.97. The molecule has 3 heteroatoms. The molecule has 0 spiro atoms. The van der Waals surface area contributed by atoms with Gasteiger partial charge in [-0.05, 0) is 17.3 Å². The quantitative estimate of drug-likeness (QED) is 0.685. The van der Waals surface area contributed by atoms with Crippen LogP contribution < -0.4 is 16.4 Å². The Kier molecular flexibility index (Phi) is 9.45. The van der Waals surface area contributed by atoms with Crippen LogP contribution in [0.2, 0.25) is 0 Å². The summed E-state index contributed by atoms with van der Waals surface area (Å²) in [5.74, 6) is 0. The van der Waals surface area contributed by atoms with E-state index in [1.807, 2.05) is 12.1 Å². The molecule has 4 N–H and O–H groups in total. The van der Waals surface area contributed by atoms with E-state index in [0.717, 1.165) is 26.2 Å². The van der Waals surface area contributed by atoms with Crippen molar-refractivity contribution in [3.8, 4) is 0 Å². The highest BCUT2D eigenvalue weighted by molar-refractivity contribution is 5.15.